The standard InChI is InChI=1S/C16H28N4/c1-4-20-10-6-9-16(20)13-19(3)12-15-8-5-7-14(18-15)11-17-2/h5,7-8,16-17H,4,6,9-13H2,1-3H3. The Hall–Kier alpha value is -0.970. The predicted molar refractivity (Wildman–Crippen MR) is 83.6 cm³/mol. The van der Waals surface area contributed by atoms with Crippen molar-refractivity contribution in [2.75, 3.05) is 33.7 Å². The average Bonchev–Trinajstić information content (AvgIpc) is 2.86. The van der Waals surface area contributed by atoms with Gasteiger partial charge in [0.2, 0.25) is 0 Å². The third-order valence-corrected chi connectivity index (χ3v) is 4.08. The molecule has 1 N–H and O–H groups in total. The lowest BCUT2D eigenvalue weighted by molar-refractivity contribution is 0.193. The average molecular weight is 276 g/mol. The van der Waals surface area contributed by atoms with Crippen LogP contribution in [0, 0.1) is 0 Å². The summed E-state index contributed by atoms with van der Waals surface area (Å²) in [7, 11) is 4.17. The quantitative estimate of drug-likeness (QED) is 0.821. The van der Waals surface area contributed by atoms with Crippen LogP contribution in [0.2, 0.25) is 0 Å². The Morgan fingerprint density at radius 3 is 2.95 bits per heavy atom. The van der Waals surface area contributed by atoms with Crippen LogP contribution in [0.3, 0.4) is 0 Å². The molecule has 1 aromatic rings. The molecule has 1 atom stereocenters. The van der Waals surface area contributed by atoms with E-state index in [1.165, 1.54) is 31.6 Å². The lowest BCUT2D eigenvalue weighted by Crippen LogP contribution is -2.38. The van der Waals surface area contributed by atoms with Crippen LogP contribution >= 0.6 is 0 Å². The highest BCUT2D eigenvalue weighted by Gasteiger charge is 2.23. The Balaban J connectivity index is 1.87. The Bertz CT molecular complexity index is 407. The molecule has 0 spiro atoms. The summed E-state index contributed by atoms with van der Waals surface area (Å²) in [5.41, 5.74) is 2.29. The first kappa shape index (κ1) is 15.4. The summed E-state index contributed by atoms with van der Waals surface area (Å²) < 4.78 is 0. The second-order valence-electron chi connectivity index (χ2n) is 5.77. The van der Waals surface area contributed by atoms with Gasteiger partial charge in [-0.25, -0.2) is 0 Å². The van der Waals surface area contributed by atoms with Crippen LogP contribution in [0.5, 0.6) is 0 Å². The SMILES string of the molecule is CCN1CCCC1CN(C)Cc1cccc(CNC)n1. The number of aromatic nitrogens is 1. The first-order valence-corrected chi connectivity index (χ1v) is 7.75. The monoisotopic (exact) mass is 276 g/mol. The van der Waals surface area contributed by atoms with Gasteiger partial charge in [-0.15, -0.1) is 0 Å². The smallest absolute Gasteiger partial charge is 0.0547 e. The molecule has 1 unspecified atom stereocenters. The molecule has 1 aliphatic heterocycles. The highest BCUT2D eigenvalue weighted by Crippen LogP contribution is 2.17. The van der Waals surface area contributed by atoms with Crippen molar-refractivity contribution in [2.24, 2.45) is 0 Å². The van der Waals surface area contributed by atoms with Gasteiger partial charge >= 0.3 is 0 Å². The van der Waals surface area contributed by atoms with E-state index in [4.69, 9.17) is 4.98 Å². The summed E-state index contributed by atoms with van der Waals surface area (Å²) in [6, 6.07) is 7.04. The fourth-order valence-electron chi connectivity index (χ4n) is 3.12. The zero-order chi connectivity index (χ0) is 14.4. The van der Waals surface area contributed by atoms with E-state index in [1.807, 2.05) is 7.05 Å². The molecule has 4 heteroatoms. The van der Waals surface area contributed by atoms with Gasteiger partial charge in [-0.1, -0.05) is 13.0 Å². The molecule has 112 valence electrons. The van der Waals surface area contributed by atoms with E-state index in [0.29, 0.717) is 0 Å². The number of pyridine rings is 1. The summed E-state index contributed by atoms with van der Waals surface area (Å²) in [5, 5.41) is 3.15. The van der Waals surface area contributed by atoms with Crippen LogP contribution in [0.15, 0.2) is 18.2 Å². The number of rotatable bonds is 7. The van der Waals surface area contributed by atoms with Crippen LogP contribution in [-0.2, 0) is 13.1 Å². The van der Waals surface area contributed by atoms with E-state index in [2.05, 4.69) is 47.3 Å². The van der Waals surface area contributed by atoms with Crippen molar-refractivity contribution < 1.29 is 0 Å². The Kier molecular flexibility index (Phi) is 5.95. The predicted octanol–water partition coefficient (Wildman–Crippen LogP) is 1.72. The lowest BCUT2D eigenvalue weighted by atomic mass is 10.2. The van der Waals surface area contributed by atoms with Crippen LogP contribution < -0.4 is 5.32 Å². The van der Waals surface area contributed by atoms with Gasteiger partial charge in [-0.2, -0.15) is 0 Å². The molecule has 2 rings (SSSR count). The van der Waals surface area contributed by atoms with Crippen LogP contribution in [-0.4, -0.2) is 54.6 Å². The Morgan fingerprint density at radius 1 is 1.40 bits per heavy atom. The first-order valence-electron chi connectivity index (χ1n) is 7.75. The van der Waals surface area contributed by atoms with E-state index < -0.39 is 0 Å². The van der Waals surface area contributed by atoms with Crippen molar-refractivity contribution in [2.45, 2.75) is 38.9 Å². The second kappa shape index (κ2) is 7.72. The number of likely N-dealkylation sites (N-methyl/N-ethyl adjacent to an activating group) is 2. The fraction of sp³-hybridized carbons (Fsp3) is 0.688. The van der Waals surface area contributed by atoms with Gasteiger partial charge in [0, 0.05) is 25.7 Å². The normalized spacial score (nSPS) is 19.9. The van der Waals surface area contributed by atoms with Gasteiger partial charge in [-0.05, 0) is 52.2 Å². The summed E-state index contributed by atoms with van der Waals surface area (Å²) in [6.07, 6.45) is 2.69. The molecule has 0 saturated carbocycles. The topological polar surface area (TPSA) is 31.4 Å². The van der Waals surface area contributed by atoms with Crippen LogP contribution in [0.1, 0.15) is 31.2 Å². The van der Waals surface area contributed by atoms with E-state index in [9.17, 15) is 0 Å². The molecule has 0 bridgehead atoms. The minimum atomic E-state index is 0.727. The highest BCUT2D eigenvalue weighted by molar-refractivity contribution is 5.11. The maximum atomic E-state index is 4.70. The minimum absolute atomic E-state index is 0.727. The van der Waals surface area contributed by atoms with Gasteiger partial charge in [-0.3, -0.25) is 14.8 Å². The summed E-state index contributed by atoms with van der Waals surface area (Å²) in [5.74, 6) is 0. The summed E-state index contributed by atoms with van der Waals surface area (Å²) in [4.78, 5) is 9.70. The first-order chi connectivity index (χ1) is 9.72. The van der Waals surface area contributed by atoms with E-state index in [-0.39, 0.29) is 0 Å². The maximum Gasteiger partial charge on any atom is 0.0547 e. The molecule has 4 nitrogen and oxygen atoms in total. The number of nitrogens with zero attached hydrogens (tertiary/aromatic N) is 3. The molecule has 1 fully saturated rings. The molecular weight excluding hydrogens is 248 g/mol. The maximum absolute atomic E-state index is 4.70. The van der Waals surface area contributed by atoms with Crippen molar-refractivity contribution in [3.63, 3.8) is 0 Å². The summed E-state index contributed by atoms with van der Waals surface area (Å²) >= 11 is 0. The van der Waals surface area contributed by atoms with Crippen molar-refractivity contribution >= 4 is 0 Å². The zero-order valence-corrected chi connectivity index (χ0v) is 13.1. The van der Waals surface area contributed by atoms with E-state index >= 15 is 0 Å². The van der Waals surface area contributed by atoms with Crippen molar-refractivity contribution in [1.82, 2.24) is 20.1 Å². The number of hydrogen-bond acceptors (Lipinski definition) is 4. The van der Waals surface area contributed by atoms with Gasteiger partial charge in [0.15, 0.2) is 0 Å². The Labute approximate surface area is 123 Å². The van der Waals surface area contributed by atoms with Gasteiger partial charge in [0.25, 0.3) is 0 Å². The molecule has 1 aromatic heterocycles. The molecule has 1 saturated heterocycles. The molecule has 0 amide bonds. The number of nitrogens with one attached hydrogen (secondary N) is 1. The van der Waals surface area contributed by atoms with Crippen LogP contribution in [0.25, 0.3) is 0 Å². The van der Waals surface area contributed by atoms with Crippen molar-refractivity contribution in [1.29, 1.82) is 0 Å². The third-order valence-electron chi connectivity index (χ3n) is 4.08. The van der Waals surface area contributed by atoms with E-state index in [0.717, 1.165) is 31.4 Å². The molecule has 0 aromatic carbocycles. The molecule has 2 heterocycles. The van der Waals surface area contributed by atoms with E-state index in [1.54, 1.807) is 0 Å². The minimum Gasteiger partial charge on any atom is -0.314 e. The lowest BCUT2D eigenvalue weighted by Gasteiger charge is -2.27. The molecular formula is C16H28N4. The number of hydrogen-bond donors (Lipinski definition) is 1. The van der Waals surface area contributed by atoms with Gasteiger partial charge < -0.3 is 5.32 Å². The van der Waals surface area contributed by atoms with Crippen molar-refractivity contribution in [3.8, 4) is 0 Å². The molecule has 0 radical (unpaired) electrons. The number of likely N-dealkylation sites (tertiary alicyclic amines) is 1. The van der Waals surface area contributed by atoms with Crippen LogP contribution in [0.4, 0.5) is 0 Å². The molecule has 1 aliphatic rings. The highest BCUT2D eigenvalue weighted by atomic mass is 15.2. The molecule has 0 aliphatic carbocycles. The van der Waals surface area contributed by atoms with Crippen molar-refractivity contribution in [3.05, 3.63) is 29.6 Å². The van der Waals surface area contributed by atoms with Gasteiger partial charge in [0.1, 0.15) is 0 Å². The zero-order valence-electron chi connectivity index (χ0n) is 13.1. The third kappa shape index (κ3) is 4.27. The summed E-state index contributed by atoms with van der Waals surface area (Å²) in [6.45, 7) is 7.63. The largest absolute Gasteiger partial charge is 0.314 e. The van der Waals surface area contributed by atoms with Gasteiger partial charge in [0.05, 0.1) is 11.4 Å². The second-order valence-corrected chi connectivity index (χ2v) is 5.77. The fourth-order valence-corrected chi connectivity index (χ4v) is 3.12. The Morgan fingerprint density at radius 2 is 2.20 bits per heavy atom. The molecule has 20 heavy (non-hydrogen) atoms.